The summed E-state index contributed by atoms with van der Waals surface area (Å²) in [6.07, 6.45) is 14.6. The lowest BCUT2D eigenvalue weighted by Gasteiger charge is -2.55. The van der Waals surface area contributed by atoms with E-state index in [0.717, 1.165) is 36.5 Å². The van der Waals surface area contributed by atoms with Gasteiger partial charge in [0, 0.05) is 0 Å². The first-order valence-electron chi connectivity index (χ1n) is 12.7. The SMILES string of the molecule is C[C@H](CCC1OC1(C)C)[C@H]1CC[C@H]2C3=C(CC[C@]12C)[C@@]1(C)CC[C@H](O)C[C@@H]1CC3. The van der Waals surface area contributed by atoms with Crippen molar-refractivity contribution < 1.29 is 9.84 Å². The van der Waals surface area contributed by atoms with Gasteiger partial charge in [0.15, 0.2) is 0 Å². The molecule has 0 aromatic carbocycles. The molecule has 0 bridgehead atoms. The minimum absolute atomic E-state index is 0.0405. The minimum Gasteiger partial charge on any atom is -0.393 e. The zero-order valence-electron chi connectivity index (χ0n) is 19.6. The summed E-state index contributed by atoms with van der Waals surface area (Å²) < 4.78 is 5.86. The van der Waals surface area contributed by atoms with Gasteiger partial charge < -0.3 is 9.84 Å². The van der Waals surface area contributed by atoms with Crippen molar-refractivity contribution in [1.29, 1.82) is 0 Å². The fourth-order valence-corrected chi connectivity index (χ4v) is 8.77. The highest BCUT2D eigenvalue weighted by Crippen LogP contribution is 2.66. The number of epoxide rings is 1. The van der Waals surface area contributed by atoms with Gasteiger partial charge in [-0.1, -0.05) is 31.9 Å². The van der Waals surface area contributed by atoms with E-state index in [0.29, 0.717) is 16.9 Å². The molecule has 2 heteroatoms. The first kappa shape index (κ1) is 20.6. The van der Waals surface area contributed by atoms with Gasteiger partial charge in [-0.2, -0.15) is 0 Å². The molecule has 1 N–H and O–H groups in total. The average molecular weight is 401 g/mol. The van der Waals surface area contributed by atoms with Gasteiger partial charge in [0.1, 0.15) is 0 Å². The standard InChI is InChI=1S/C27H44O2/c1-17(6-11-24-25(2,3)29-24)21-9-10-22-20-8-7-18-16-19(28)12-14-26(18,4)23(20)13-15-27(21,22)5/h17-19,21-22,24,28H,6-16H2,1-5H3/t17-,18+,19+,21-,22+,24?,26+,27-/m1/s1. The Bertz CT molecular complexity index is 693. The van der Waals surface area contributed by atoms with E-state index >= 15 is 0 Å². The summed E-state index contributed by atoms with van der Waals surface area (Å²) in [6.45, 7) is 12.2. The third kappa shape index (κ3) is 3.18. The predicted octanol–water partition coefficient (Wildman–Crippen LogP) is 6.66. The lowest BCUT2D eigenvalue weighted by molar-refractivity contribution is 0.0132. The van der Waals surface area contributed by atoms with E-state index in [1.54, 1.807) is 0 Å². The lowest BCUT2D eigenvalue weighted by Crippen LogP contribution is -2.45. The van der Waals surface area contributed by atoms with Crippen LogP contribution in [-0.2, 0) is 4.74 Å². The molecule has 2 nitrogen and oxygen atoms in total. The summed E-state index contributed by atoms with van der Waals surface area (Å²) in [4.78, 5) is 0. The molecule has 5 rings (SSSR count). The number of aliphatic hydroxyl groups excluding tert-OH is 1. The average Bonchev–Trinajstić information content (AvgIpc) is 3.11. The number of ether oxygens (including phenoxy) is 1. The lowest BCUT2D eigenvalue weighted by atomic mass is 9.50. The molecule has 2 saturated carbocycles. The van der Waals surface area contributed by atoms with Crippen LogP contribution in [0.2, 0.25) is 0 Å². The fraction of sp³-hybridized carbons (Fsp3) is 0.926. The Balaban J connectivity index is 1.33. The molecule has 1 unspecified atom stereocenters. The van der Waals surface area contributed by atoms with Crippen LogP contribution in [-0.4, -0.2) is 22.9 Å². The van der Waals surface area contributed by atoms with E-state index in [2.05, 4.69) is 34.6 Å². The molecule has 1 saturated heterocycles. The molecule has 0 spiro atoms. The first-order valence-corrected chi connectivity index (χ1v) is 12.7. The van der Waals surface area contributed by atoms with Crippen LogP contribution in [0, 0.1) is 34.5 Å². The molecule has 164 valence electrons. The molecule has 5 aliphatic rings. The van der Waals surface area contributed by atoms with Crippen LogP contribution in [0.3, 0.4) is 0 Å². The quantitative estimate of drug-likeness (QED) is 0.422. The van der Waals surface area contributed by atoms with Gasteiger partial charge in [0.2, 0.25) is 0 Å². The maximum absolute atomic E-state index is 10.2. The Morgan fingerprint density at radius 3 is 2.52 bits per heavy atom. The molecule has 8 atom stereocenters. The van der Waals surface area contributed by atoms with Gasteiger partial charge in [0.05, 0.1) is 17.8 Å². The van der Waals surface area contributed by atoms with Gasteiger partial charge in [-0.3, -0.25) is 0 Å². The van der Waals surface area contributed by atoms with Crippen LogP contribution in [0.4, 0.5) is 0 Å². The summed E-state index contributed by atoms with van der Waals surface area (Å²) >= 11 is 0. The van der Waals surface area contributed by atoms with Gasteiger partial charge in [0.25, 0.3) is 0 Å². The topological polar surface area (TPSA) is 32.8 Å². The van der Waals surface area contributed by atoms with Crippen molar-refractivity contribution in [2.45, 2.75) is 123 Å². The van der Waals surface area contributed by atoms with Crippen LogP contribution < -0.4 is 0 Å². The van der Waals surface area contributed by atoms with Gasteiger partial charge >= 0.3 is 0 Å². The third-order valence-electron chi connectivity index (χ3n) is 10.8. The molecule has 3 fully saturated rings. The molecule has 0 radical (unpaired) electrons. The highest BCUT2D eigenvalue weighted by molar-refractivity contribution is 5.34. The number of allylic oxidation sites excluding steroid dienone is 2. The minimum atomic E-state index is -0.0405. The van der Waals surface area contributed by atoms with E-state index in [4.69, 9.17) is 4.74 Å². The zero-order valence-corrected chi connectivity index (χ0v) is 19.6. The van der Waals surface area contributed by atoms with Crippen LogP contribution in [0.25, 0.3) is 0 Å². The number of aliphatic hydroxyl groups is 1. The van der Waals surface area contributed by atoms with Crippen LogP contribution in [0.15, 0.2) is 11.1 Å². The Hall–Kier alpha value is -0.340. The second kappa shape index (κ2) is 6.83. The Kier molecular flexibility index (Phi) is 4.84. The van der Waals surface area contributed by atoms with Gasteiger partial charge in [-0.25, -0.2) is 0 Å². The maximum Gasteiger partial charge on any atom is 0.0892 e. The van der Waals surface area contributed by atoms with E-state index in [9.17, 15) is 5.11 Å². The number of fused-ring (bicyclic) bond motifs is 4. The molecule has 0 aromatic heterocycles. The summed E-state index contributed by atoms with van der Waals surface area (Å²) in [6, 6.07) is 0. The van der Waals surface area contributed by atoms with Gasteiger partial charge in [-0.15, -0.1) is 0 Å². The number of hydrogen-bond acceptors (Lipinski definition) is 2. The van der Waals surface area contributed by atoms with Crippen LogP contribution >= 0.6 is 0 Å². The number of hydrogen-bond donors (Lipinski definition) is 1. The van der Waals surface area contributed by atoms with Crippen molar-refractivity contribution in [1.82, 2.24) is 0 Å². The third-order valence-corrected chi connectivity index (χ3v) is 10.8. The largest absolute Gasteiger partial charge is 0.393 e. The molecule has 4 aliphatic carbocycles. The van der Waals surface area contributed by atoms with Gasteiger partial charge in [-0.05, 0) is 119 Å². The van der Waals surface area contributed by atoms with Crippen molar-refractivity contribution >= 4 is 0 Å². The smallest absolute Gasteiger partial charge is 0.0892 e. The van der Waals surface area contributed by atoms with Crippen molar-refractivity contribution in [3.05, 3.63) is 11.1 Å². The van der Waals surface area contributed by atoms with E-state index in [1.165, 1.54) is 57.8 Å². The van der Waals surface area contributed by atoms with Crippen molar-refractivity contribution in [3.8, 4) is 0 Å². The zero-order chi connectivity index (χ0) is 20.6. The second-order valence-electron chi connectivity index (χ2n) is 12.6. The number of rotatable bonds is 4. The van der Waals surface area contributed by atoms with Crippen molar-refractivity contribution in [2.24, 2.45) is 34.5 Å². The highest BCUT2D eigenvalue weighted by atomic mass is 16.6. The Labute approximate surface area is 178 Å². The summed E-state index contributed by atoms with van der Waals surface area (Å²) in [5.74, 6) is 3.29. The second-order valence-corrected chi connectivity index (χ2v) is 12.6. The van der Waals surface area contributed by atoms with Crippen LogP contribution in [0.5, 0.6) is 0 Å². The molecular formula is C27H44O2. The van der Waals surface area contributed by atoms with Crippen molar-refractivity contribution in [3.63, 3.8) is 0 Å². The van der Waals surface area contributed by atoms with E-state index in [1.807, 2.05) is 11.1 Å². The van der Waals surface area contributed by atoms with E-state index in [-0.39, 0.29) is 11.7 Å². The summed E-state index contributed by atoms with van der Waals surface area (Å²) in [5.41, 5.74) is 4.83. The molecule has 0 amide bonds. The summed E-state index contributed by atoms with van der Waals surface area (Å²) in [7, 11) is 0. The van der Waals surface area contributed by atoms with Crippen LogP contribution in [0.1, 0.15) is 105 Å². The molecule has 29 heavy (non-hydrogen) atoms. The first-order chi connectivity index (χ1) is 13.6. The van der Waals surface area contributed by atoms with Crippen molar-refractivity contribution in [2.75, 3.05) is 0 Å². The maximum atomic E-state index is 10.2. The highest BCUT2D eigenvalue weighted by Gasteiger charge is 2.56. The Morgan fingerprint density at radius 1 is 1.03 bits per heavy atom. The predicted molar refractivity (Wildman–Crippen MR) is 119 cm³/mol. The Morgan fingerprint density at radius 2 is 1.79 bits per heavy atom. The molecule has 0 aromatic rings. The molecule has 1 heterocycles. The van der Waals surface area contributed by atoms with E-state index < -0.39 is 0 Å². The monoisotopic (exact) mass is 400 g/mol. The molecule has 1 aliphatic heterocycles. The molecular weight excluding hydrogens is 356 g/mol. The fourth-order valence-electron chi connectivity index (χ4n) is 8.77. The summed E-state index contributed by atoms with van der Waals surface area (Å²) in [5, 5.41) is 10.2. The normalized spacial score (nSPS) is 49.2.